The second-order valence-corrected chi connectivity index (χ2v) is 6.95. The molecule has 0 aromatic carbocycles. The number of thiophene rings is 1. The van der Waals surface area contributed by atoms with Crippen molar-refractivity contribution in [2.45, 2.75) is 25.3 Å². The summed E-state index contributed by atoms with van der Waals surface area (Å²) >= 11 is 3.61. The lowest BCUT2D eigenvalue weighted by molar-refractivity contribution is -0.132. The molecule has 1 saturated heterocycles. The van der Waals surface area contributed by atoms with Crippen molar-refractivity contribution >= 4 is 29.0 Å². The Kier molecular flexibility index (Phi) is 4.08. The van der Waals surface area contributed by atoms with Gasteiger partial charge >= 0.3 is 0 Å². The van der Waals surface area contributed by atoms with Crippen LogP contribution in [0.25, 0.3) is 0 Å². The van der Waals surface area contributed by atoms with E-state index < -0.39 is 0 Å². The van der Waals surface area contributed by atoms with Crippen LogP contribution < -0.4 is 0 Å². The molecule has 104 valence electrons. The summed E-state index contributed by atoms with van der Waals surface area (Å²) < 4.78 is 0. The van der Waals surface area contributed by atoms with Crippen molar-refractivity contribution in [2.75, 3.05) is 5.75 Å². The van der Waals surface area contributed by atoms with Crippen molar-refractivity contribution in [3.8, 4) is 0 Å². The van der Waals surface area contributed by atoms with Crippen LogP contribution in [0.2, 0.25) is 0 Å². The second-order valence-electron chi connectivity index (χ2n) is 4.82. The van der Waals surface area contributed by atoms with Gasteiger partial charge in [-0.15, -0.1) is 23.1 Å². The minimum Gasteiger partial charge on any atom is -0.321 e. The average Bonchev–Trinajstić information content (AvgIpc) is 2.88. The molecule has 3 nitrogen and oxygen atoms in total. The summed E-state index contributed by atoms with van der Waals surface area (Å²) in [6.07, 6.45) is 4.20. The first kappa shape index (κ1) is 13.6. The van der Waals surface area contributed by atoms with Crippen molar-refractivity contribution in [3.63, 3.8) is 0 Å². The second kappa shape index (κ2) is 5.97. The van der Waals surface area contributed by atoms with E-state index in [1.54, 1.807) is 23.7 Å². The summed E-state index contributed by atoms with van der Waals surface area (Å²) in [7, 11) is 0. The first-order chi connectivity index (χ1) is 9.75. The fourth-order valence-corrected chi connectivity index (χ4v) is 4.85. The van der Waals surface area contributed by atoms with E-state index in [1.165, 1.54) is 10.4 Å². The van der Waals surface area contributed by atoms with Gasteiger partial charge in [-0.1, -0.05) is 0 Å². The average molecular weight is 304 g/mol. The molecule has 2 aromatic heterocycles. The number of aromatic nitrogens is 1. The normalized spacial score (nSPS) is 19.4. The lowest BCUT2D eigenvalue weighted by atomic mass is 10.2. The molecule has 0 bridgehead atoms. The number of hydrogen-bond donors (Lipinski definition) is 0. The third kappa shape index (κ3) is 2.74. The monoisotopic (exact) mass is 304 g/mol. The number of carbonyl (C=O) groups is 1. The number of aryl methyl sites for hydroxylation is 1. The number of pyridine rings is 1. The maximum absolute atomic E-state index is 12.3. The zero-order valence-electron chi connectivity index (χ0n) is 11.3. The van der Waals surface area contributed by atoms with Crippen LogP contribution in [0.15, 0.2) is 36.0 Å². The molecule has 0 spiro atoms. The quantitative estimate of drug-likeness (QED) is 0.868. The van der Waals surface area contributed by atoms with E-state index in [4.69, 9.17) is 0 Å². The van der Waals surface area contributed by atoms with E-state index in [0.29, 0.717) is 13.0 Å². The van der Waals surface area contributed by atoms with Gasteiger partial charge in [-0.05, 0) is 41.6 Å². The fourth-order valence-electron chi connectivity index (χ4n) is 2.33. The highest BCUT2D eigenvalue weighted by molar-refractivity contribution is 7.99. The molecule has 1 atom stereocenters. The molecule has 1 aliphatic rings. The van der Waals surface area contributed by atoms with E-state index in [9.17, 15) is 4.79 Å². The Morgan fingerprint density at radius 1 is 1.35 bits per heavy atom. The van der Waals surface area contributed by atoms with Gasteiger partial charge in [-0.3, -0.25) is 9.78 Å². The topological polar surface area (TPSA) is 33.2 Å². The van der Waals surface area contributed by atoms with Gasteiger partial charge in [-0.25, -0.2) is 0 Å². The van der Waals surface area contributed by atoms with E-state index in [2.05, 4.69) is 23.4 Å². The fraction of sp³-hybridized carbons (Fsp3) is 0.333. The van der Waals surface area contributed by atoms with Gasteiger partial charge in [0.05, 0.1) is 0 Å². The van der Waals surface area contributed by atoms with Gasteiger partial charge in [0.15, 0.2) is 0 Å². The molecule has 2 aromatic rings. The Hall–Kier alpha value is -1.33. The molecule has 3 heterocycles. The smallest absolute Gasteiger partial charge is 0.224 e. The van der Waals surface area contributed by atoms with Gasteiger partial charge in [0.2, 0.25) is 5.91 Å². The third-order valence-electron chi connectivity index (χ3n) is 3.42. The number of thioether (sulfide) groups is 1. The number of carbonyl (C=O) groups excluding carboxylic acids is 1. The van der Waals surface area contributed by atoms with Crippen molar-refractivity contribution in [3.05, 3.63) is 52.0 Å². The van der Waals surface area contributed by atoms with Gasteiger partial charge in [0, 0.05) is 36.0 Å². The van der Waals surface area contributed by atoms with Gasteiger partial charge < -0.3 is 4.90 Å². The standard InChI is InChI=1S/C15H16N2OS2/c1-11-4-8-19-14(11)15-17(13(18)5-9-20-15)10-12-2-6-16-7-3-12/h2-4,6-8,15H,5,9-10H2,1H3. The molecule has 0 radical (unpaired) electrons. The maximum atomic E-state index is 12.3. The Balaban J connectivity index is 1.87. The van der Waals surface area contributed by atoms with E-state index >= 15 is 0 Å². The minimum absolute atomic E-state index is 0.157. The highest BCUT2D eigenvalue weighted by atomic mass is 32.2. The number of nitrogens with zero attached hydrogens (tertiary/aromatic N) is 2. The summed E-state index contributed by atoms with van der Waals surface area (Å²) in [4.78, 5) is 19.7. The van der Waals surface area contributed by atoms with Gasteiger partial charge in [0.1, 0.15) is 5.37 Å². The third-order valence-corrected chi connectivity index (χ3v) is 5.89. The molecule has 1 amide bonds. The van der Waals surface area contributed by atoms with Gasteiger partial charge in [-0.2, -0.15) is 0 Å². The van der Waals surface area contributed by atoms with Crippen molar-refractivity contribution in [1.29, 1.82) is 0 Å². The van der Waals surface area contributed by atoms with Crippen LogP contribution in [-0.2, 0) is 11.3 Å². The van der Waals surface area contributed by atoms with Crippen LogP contribution in [0, 0.1) is 6.92 Å². The maximum Gasteiger partial charge on any atom is 0.224 e. The number of hydrogen-bond acceptors (Lipinski definition) is 4. The minimum atomic E-state index is 0.157. The highest BCUT2D eigenvalue weighted by Crippen LogP contribution is 2.41. The lowest BCUT2D eigenvalue weighted by Gasteiger charge is -2.35. The molecule has 0 N–H and O–H groups in total. The van der Waals surface area contributed by atoms with Crippen LogP contribution in [-0.4, -0.2) is 21.5 Å². The summed E-state index contributed by atoms with van der Waals surface area (Å²) in [6.45, 7) is 2.78. The van der Waals surface area contributed by atoms with E-state index in [-0.39, 0.29) is 11.3 Å². The molecule has 20 heavy (non-hydrogen) atoms. The molecule has 1 aliphatic heterocycles. The van der Waals surface area contributed by atoms with Crippen LogP contribution >= 0.6 is 23.1 Å². The summed E-state index contributed by atoms with van der Waals surface area (Å²) in [5.74, 6) is 1.16. The lowest BCUT2D eigenvalue weighted by Crippen LogP contribution is -2.36. The van der Waals surface area contributed by atoms with Crippen molar-refractivity contribution in [1.82, 2.24) is 9.88 Å². The molecule has 5 heteroatoms. The van der Waals surface area contributed by atoms with Crippen LogP contribution in [0.1, 0.15) is 27.8 Å². The first-order valence-electron chi connectivity index (χ1n) is 6.59. The first-order valence-corrected chi connectivity index (χ1v) is 8.52. The number of rotatable bonds is 3. The van der Waals surface area contributed by atoms with Crippen molar-refractivity contribution < 1.29 is 4.79 Å². The summed E-state index contributed by atoms with van der Waals surface area (Å²) in [5.41, 5.74) is 2.41. The Morgan fingerprint density at radius 3 is 2.85 bits per heavy atom. The zero-order valence-corrected chi connectivity index (χ0v) is 12.9. The molecule has 1 fully saturated rings. The van der Waals surface area contributed by atoms with Crippen LogP contribution in [0.5, 0.6) is 0 Å². The summed E-state index contributed by atoms with van der Waals surface area (Å²) in [5, 5.41) is 2.26. The predicted molar refractivity (Wildman–Crippen MR) is 83.7 cm³/mol. The van der Waals surface area contributed by atoms with E-state index in [1.807, 2.05) is 28.8 Å². The molecule has 0 aliphatic carbocycles. The molecule has 0 saturated carbocycles. The highest BCUT2D eigenvalue weighted by Gasteiger charge is 2.31. The number of amides is 1. The van der Waals surface area contributed by atoms with Crippen LogP contribution in [0.4, 0.5) is 0 Å². The van der Waals surface area contributed by atoms with Crippen LogP contribution in [0.3, 0.4) is 0 Å². The largest absolute Gasteiger partial charge is 0.321 e. The Morgan fingerprint density at radius 2 is 2.15 bits per heavy atom. The van der Waals surface area contributed by atoms with E-state index in [0.717, 1.165) is 11.3 Å². The molecule has 1 unspecified atom stereocenters. The van der Waals surface area contributed by atoms with Gasteiger partial charge in [0.25, 0.3) is 0 Å². The molecular weight excluding hydrogens is 288 g/mol. The zero-order chi connectivity index (χ0) is 13.9. The molecular formula is C15H16N2OS2. The molecule has 3 rings (SSSR count). The Labute approximate surface area is 127 Å². The summed E-state index contributed by atoms with van der Waals surface area (Å²) in [6, 6.07) is 6.08. The Bertz CT molecular complexity index is 597. The predicted octanol–water partition coefficient (Wildman–Crippen LogP) is 3.62. The SMILES string of the molecule is Cc1ccsc1C1SCCC(=O)N1Cc1ccncc1. The van der Waals surface area contributed by atoms with Crippen molar-refractivity contribution in [2.24, 2.45) is 0 Å².